The molecule has 27 heavy (non-hydrogen) atoms. The Morgan fingerprint density at radius 2 is 2.00 bits per heavy atom. The van der Waals surface area contributed by atoms with E-state index in [0.717, 1.165) is 16.8 Å². The zero-order valence-corrected chi connectivity index (χ0v) is 15.2. The molecule has 0 spiro atoms. The number of rotatable bonds is 4. The summed E-state index contributed by atoms with van der Waals surface area (Å²) >= 11 is 6.46. The van der Waals surface area contributed by atoms with E-state index in [0.29, 0.717) is 17.4 Å². The molecule has 2 aromatic heterocycles. The number of benzene rings is 1. The number of aromatic nitrogens is 3. The largest absolute Gasteiger partial charge is 0.324 e. The van der Waals surface area contributed by atoms with Crippen LogP contribution in [0.4, 0.5) is 11.4 Å². The van der Waals surface area contributed by atoms with E-state index in [1.54, 1.807) is 41.0 Å². The first-order chi connectivity index (χ1) is 13.0. The van der Waals surface area contributed by atoms with E-state index in [1.165, 1.54) is 0 Å². The van der Waals surface area contributed by atoms with E-state index in [2.05, 4.69) is 5.10 Å². The maximum atomic E-state index is 11.7. The van der Waals surface area contributed by atoms with Gasteiger partial charge in [-0.15, -0.1) is 0 Å². The highest BCUT2D eigenvalue weighted by molar-refractivity contribution is 6.32. The third kappa shape index (κ3) is 3.24. The Labute approximate surface area is 160 Å². The molecule has 3 heterocycles. The van der Waals surface area contributed by atoms with E-state index in [1.807, 2.05) is 47.4 Å². The maximum absolute atomic E-state index is 11.7. The molecule has 136 valence electrons. The van der Waals surface area contributed by atoms with Crippen LogP contribution in [0.3, 0.4) is 0 Å². The molecule has 0 bridgehead atoms. The van der Waals surface area contributed by atoms with Crippen molar-refractivity contribution in [2.75, 3.05) is 11.4 Å². The summed E-state index contributed by atoms with van der Waals surface area (Å²) in [6.07, 6.45) is 11.1. The molecule has 1 aromatic carbocycles. The highest BCUT2D eigenvalue weighted by Gasteiger charge is 2.24. The molecule has 0 saturated carbocycles. The Bertz CT molecular complexity index is 1070. The zero-order chi connectivity index (χ0) is 19.0. The first-order valence-electron chi connectivity index (χ1n) is 8.28. The fraction of sp³-hybridized carbons (Fsp3) is 0.105. The van der Waals surface area contributed by atoms with Crippen LogP contribution in [-0.4, -0.2) is 25.8 Å². The van der Waals surface area contributed by atoms with Crippen molar-refractivity contribution >= 4 is 28.7 Å². The molecule has 4 rings (SSSR count). The van der Waals surface area contributed by atoms with Gasteiger partial charge in [0.15, 0.2) is 0 Å². The van der Waals surface area contributed by atoms with Crippen molar-refractivity contribution in [2.45, 2.75) is 0 Å². The van der Waals surface area contributed by atoms with Gasteiger partial charge in [0.1, 0.15) is 10.8 Å². The second-order valence-corrected chi connectivity index (χ2v) is 6.55. The number of nitrogens with zero attached hydrogens (tertiary/aromatic N) is 5. The summed E-state index contributed by atoms with van der Waals surface area (Å²) in [5, 5.41) is 16.2. The fourth-order valence-electron chi connectivity index (χ4n) is 3.08. The minimum absolute atomic E-state index is 0.000664. The summed E-state index contributed by atoms with van der Waals surface area (Å²) in [7, 11) is 1.80. The van der Waals surface area contributed by atoms with Crippen LogP contribution < -0.4 is 4.90 Å². The molecule has 0 saturated heterocycles. The van der Waals surface area contributed by atoms with Gasteiger partial charge >= 0.3 is 0 Å². The van der Waals surface area contributed by atoms with Gasteiger partial charge in [0, 0.05) is 49.5 Å². The lowest BCUT2D eigenvalue weighted by Gasteiger charge is -2.26. The topological polar surface area (TPSA) is 69.1 Å². The van der Waals surface area contributed by atoms with Gasteiger partial charge in [0.2, 0.25) is 0 Å². The molecular formula is C19H16ClN5O2. The summed E-state index contributed by atoms with van der Waals surface area (Å²) in [5.74, 6) is 0. The molecule has 0 radical (unpaired) electrons. The van der Waals surface area contributed by atoms with E-state index < -0.39 is 0 Å². The predicted octanol–water partition coefficient (Wildman–Crippen LogP) is 4.24. The Morgan fingerprint density at radius 1 is 1.22 bits per heavy atom. The molecule has 3 aromatic rings. The van der Waals surface area contributed by atoms with Gasteiger partial charge in [-0.1, -0.05) is 17.7 Å². The number of nitro groups is 1. The molecule has 8 heteroatoms. The predicted molar refractivity (Wildman–Crippen MR) is 105 cm³/mol. The van der Waals surface area contributed by atoms with Crippen LogP contribution in [0.2, 0.25) is 0 Å². The molecule has 1 aliphatic heterocycles. The minimum atomic E-state index is -0.384. The number of hydrogen-bond acceptors (Lipinski definition) is 4. The van der Waals surface area contributed by atoms with Gasteiger partial charge < -0.3 is 9.47 Å². The van der Waals surface area contributed by atoms with Crippen LogP contribution in [0.25, 0.3) is 16.8 Å². The van der Waals surface area contributed by atoms with Crippen LogP contribution >= 0.6 is 11.6 Å². The van der Waals surface area contributed by atoms with Crippen molar-refractivity contribution in [3.05, 3.63) is 82.5 Å². The lowest BCUT2D eigenvalue weighted by atomic mass is 10.1. The van der Waals surface area contributed by atoms with Gasteiger partial charge in [-0.05, 0) is 35.9 Å². The standard InChI is InChI=1S/C19H16ClN5O2/c1-22-13-15(12-21-22)14-4-5-17(18(10-14)25(26)27)24-9-6-16(11-19(24)20)23-7-2-3-8-23/h2-8,10-13H,9H2,1H3. The van der Waals surface area contributed by atoms with Crippen LogP contribution in [0.5, 0.6) is 0 Å². The summed E-state index contributed by atoms with van der Waals surface area (Å²) < 4.78 is 3.60. The molecule has 0 N–H and O–H groups in total. The highest BCUT2D eigenvalue weighted by Crippen LogP contribution is 2.37. The zero-order valence-electron chi connectivity index (χ0n) is 14.5. The molecule has 0 unspecified atom stereocenters. The van der Waals surface area contributed by atoms with Gasteiger partial charge in [0.25, 0.3) is 5.69 Å². The lowest BCUT2D eigenvalue weighted by molar-refractivity contribution is -0.384. The number of anilines is 1. The molecule has 1 aliphatic rings. The number of aryl methyl sites for hydroxylation is 1. The minimum Gasteiger partial charge on any atom is -0.324 e. The highest BCUT2D eigenvalue weighted by atomic mass is 35.5. The Kier molecular flexibility index (Phi) is 4.29. The number of halogens is 1. The van der Waals surface area contributed by atoms with Gasteiger partial charge in [-0.3, -0.25) is 14.8 Å². The average molecular weight is 382 g/mol. The van der Waals surface area contributed by atoms with Crippen molar-refractivity contribution < 1.29 is 4.92 Å². The second kappa shape index (κ2) is 6.77. The quantitative estimate of drug-likeness (QED) is 0.385. The molecule has 0 atom stereocenters. The van der Waals surface area contributed by atoms with Gasteiger partial charge in [-0.2, -0.15) is 5.10 Å². The fourth-order valence-corrected chi connectivity index (χ4v) is 3.35. The second-order valence-electron chi connectivity index (χ2n) is 6.16. The maximum Gasteiger partial charge on any atom is 0.293 e. The summed E-state index contributed by atoms with van der Waals surface area (Å²) in [6, 6.07) is 8.98. The van der Waals surface area contributed by atoms with Crippen LogP contribution in [0.1, 0.15) is 0 Å². The number of hydrogen-bond donors (Lipinski definition) is 0. The molecule has 0 amide bonds. The first kappa shape index (κ1) is 17.1. The summed E-state index contributed by atoms with van der Waals surface area (Å²) in [6.45, 7) is 0.440. The van der Waals surface area contributed by atoms with E-state index in [-0.39, 0.29) is 10.6 Å². The first-order valence-corrected chi connectivity index (χ1v) is 8.66. The van der Waals surface area contributed by atoms with E-state index in [4.69, 9.17) is 11.6 Å². The Balaban J connectivity index is 1.70. The van der Waals surface area contributed by atoms with E-state index in [9.17, 15) is 10.1 Å². The lowest BCUT2D eigenvalue weighted by Crippen LogP contribution is -2.24. The molecular weight excluding hydrogens is 366 g/mol. The molecule has 7 nitrogen and oxygen atoms in total. The third-order valence-corrected chi connectivity index (χ3v) is 4.72. The number of nitro benzene ring substituents is 1. The molecule has 0 aliphatic carbocycles. The van der Waals surface area contributed by atoms with Crippen molar-refractivity contribution in [1.29, 1.82) is 0 Å². The third-order valence-electron chi connectivity index (χ3n) is 4.41. The smallest absolute Gasteiger partial charge is 0.293 e. The van der Waals surface area contributed by atoms with Crippen molar-refractivity contribution in [3.8, 4) is 11.1 Å². The van der Waals surface area contributed by atoms with Crippen LogP contribution in [0, 0.1) is 10.1 Å². The normalized spacial score (nSPS) is 14.1. The Morgan fingerprint density at radius 3 is 2.63 bits per heavy atom. The van der Waals surface area contributed by atoms with Crippen molar-refractivity contribution in [3.63, 3.8) is 0 Å². The monoisotopic (exact) mass is 381 g/mol. The van der Waals surface area contributed by atoms with Crippen molar-refractivity contribution in [1.82, 2.24) is 14.3 Å². The van der Waals surface area contributed by atoms with E-state index >= 15 is 0 Å². The van der Waals surface area contributed by atoms with Gasteiger partial charge in [0.05, 0.1) is 11.1 Å². The van der Waals surface area contributed by atoms with Crippen molar-refractivity contribution in [2.24, 2.45) is 7.05 Å². The Hall–Kier alpha value is -3.32. The van der Waals surface area contributed by atoms with Gasteiger partial charge in [-0.25, -0.2) is 0 Å². The van der Waals surface area contributed by atoms with Crippen LogP contribution in [-0.2, 0) is 7.05 Å². The van der Waals surface area contributed by atoms with Crippen LogP contribution in [0.15, 0.2) is 72.4 Å². The average Bonchev–Trinajstić information content (AvgIpc) is 3.33. The summed E-state index contributed by atoms with van der Waals surface area (Å²) in [5.41, 5.74) is 2.94. The SMILES string of the molecule is Cn1cc(-c2ccc(N3CC=C(n4cccc4)C=C3Cl)c([N+](=O)[O-])c2)cn1. The summed E-state index contributed by atoms with van der Waals surface area (Å²) in [4.78, 5) is 13.0. The molecule has 0 fully saturated rings. The number of allylic oxidation sites excluding steroid dienone is 2.